The van der Waals surface area contributed by atoms with Crippen LogP contribution in [0.3, 0.4) is 0 Å². The van der Waals surface area contributed by atoms with Gasteiger partial charge in [-0.2, -0.15) is 0 Å². The second-order valence-electron chi connectivity index (χ2n) is 8.24. The summed E-state index contributed by atoms with van der Waals surface area (Å²) in [7, 11) is 0. The minimum absolute atomic E-state index is 0.0581. The van der Waals surface area contributed by atoms with Crippen molar-refractivity contribution < 1.29 is 14.7 Å². The molecule has 3 N–H and O–H groups in total. The number of hydrogen-bond donors (Lipinski definition) is 3. The second-order valence-corrected chi connectivity index (χ2v) is 11.2. The van der Waals surface area contributed by atoms with Crippen molar-refractivity contribution in [2.24, 2.45) is 0 Å². The summed E-state index contributed by atoms with van der Waals surface area (Å²) >= 11 is 6.57. The minimum Gasteiger partial charge on any atom is -0.465 e. The molecule has 2 amide bonds. The van der Waals surface area contributed by atoms with Crippen LogP contribution in [-0.2, 0) is 11.2 Å². The lowest BCUT2D eigenvalue weighted by molar-refractivity contribution is -0.116. The molecule has 33 heavy (non-hydrogen) atoms. The van der Waals surface area contributed by atoms with Crippen LogP contribution in [0.1, 0.15) is 50.1 Å². The van der Waals surface area contributed by atoms with Gasteiger partial charge in [-0.15, -0.1) is 22.7 Å². The van der Waals surface area contributed by atoms with Gasteiger partial charge in [-0.1, -0.05) is 22.9 Å². The van der Waals surface area contributed by atoms with Gasteiger partial charge >= 0.3 is 6.09 Å². The maximum absolute atomic E-state index is 12.8. The molecule has 7 nitrogen and oxygen atoms in total. The Hall–Kier alpha value is -2.01. The zero-order valence-electron chi connectivity index (χ0n) is 18.8. The molecule has 1 aromatic carbocycles. The number of carboxylic acid groups (broad SMARTS) is 1. The summed E-state index contributed by atoms with van der Waals surface area (Å²) in [6.45, 7) is 7.15. The van der Waals surface area contributed by atoms with E-state index in [2.05, 4.69) is 40.4 Å². The molecule has 3 aromatic rings. The molecule has 0 saturated heterocycles. The summed E-state index contributed by atoms with van der Waals surface area (Å²) in [5.41, 5.74) is 2.93. The summed E-state index contributed by atoms with van der Waals surface area (Å²) in [6, 6.07) is 6.12. The molecule has 0 aliphatic carbocycles. The molecule has 176 valence electrons. The highest BCUT2D eigenvalue weighted by atomic mass is 79.9. The summed E-state index contributed by atoms with van der Waals surface area (Å²) in [4.78, 5) is 31.8. The van der Waals surface area contributed by atoms with Gasteiger partial charge in [-0.3, -0.25) is 4.79 Å². The number of hydrogen-bond acceptors (Lipinski definition) is 6. The van der Waals surface area contributed by atoms with E-state index in [4.69, 9.17) is 4.98 Å². The molecular formula is C23H27BrN4O3S2. The van der Waals surface area contributed by atoms with Crippen LogP contribution in [0.5, 0.6) is 0 Å². The number of nitrogens with zero attached hydrogens (tertiary/aromatic N) is 2. The highest BCUT2D eigenvalue weighted by molar-refractivity contribution is 9.10. The number of aromatic nitrogens is 1. The van der Waals surface area contributed by atoms with Gasteiger partial charge in [0.25, 0.3) is 0 Å². The maximum atomic E-state index is 12.8. The van der Waals surface area contributed by atoms with Crippen LogP contribution < -0.4 is 10.6 Å². The molecule has 2 aromatic heterocycles. The van der Waals surface area contributed by atoms with E-state index in [0.29, 0.717) is 32.0 Å². The molecule has 0 bridgehead atoms. The van der Waals surface area contributed by atoms with E-state index in [1.54, 1.807) is 11.3 Å². The van der Waals surface area contributed by atoms with Crippen LogP contribution in [0.25, 0.3) is 20.8 Å². The first kappa shape index (κ1) is 24.1. The Morgan fingerprint density at radius 2 is 2.15 bits per heavy atom. The third-order valence-electron chi connectivity index (χ3n) is 6.01. The zero-order chi connectivity index (χ0) is 23.7. The van der Waals surface area contributed by atoms with Gasteiger partial charge in [0, 0.05) is 40.5 Å². The van der Waals surface area contributed by atoms with Gasteiger partial charge in [0.1, 0.15) is 10.0 Å². The number of carbonyl (C=O) groups is 2. The minimum atomic E-state index is -0.922. The smallest absolute Gasteiger partial charge is 0.407 e. The predicted octanol–water partition coefficient (Wildman–Crippen LogP) is 6.10. The van der Waals surface area contributed by atoms with Gasteiger partial charge in [-0.25, -0.2) is 9.78 Å². The van der Waals surface area contributed by atoms with Gasteiger partial charge in [0.2, 0.25) is 5.91 Å². The Balaban J connectivity index is 1.69. The normalized spacial score (nSPS) is 16.6. The lowest BCUT2D eigenvalue weighted by Crippen LogP contribution is -2.37. The highest BCUT2D eigenvalue weighted by Crippen LogP contribution is 2.48. The Labute approximate surface area is 209 Å². The zero-order valence-corrected chi connectivity index (χ0v) is 22.0. The van der Waals surface area contributed by atoms with Crippen molar-refractivity contribution in [3.8, 4) is 10.6 Å². The van der Waals surface area contributed by atoms with E-state index in [-0.39, 0.29) is 11.9 Å². The molecule has 2 atom stereocenters. The van der Waals surface area contributed by atoms with Crippen molar-refractivity contribution in [1.29, 1.82) is 0 Å². The summed E-state index contributed by atoms with van der Waals surface area (Å²) in [5.74, 6) is -0.0581. The number of amides is 2. The number of thiophene rings is 1. The summed E-state index contributed by atoms with van der Waals surface area (Å²) in [6.07, 6.45) is 1.06. The highest BCUT2D eigenvalue weighted by Gasteiger charge is 2.34. The van der Waals surface area contributed by atoms with Crippen molar-refractivity contribution in [3.63, 3.8) is 0 Å². The van der Waals surface area contributed by atoms with Crippen LogP contribution in [-0.4, -0.2) is 46.1 Å². The van der Waals surface area contributed by atoms with Crippen molar-refractivity contribution in [1.82, 2.24) is 15.2 Å². The Morgan fingerprint density at radius 3 is 2.88 bits per heavy atom. The number of benzene rings is 1. The molecule has 10 heteroatoms. The standard InChI is InChI=1S/C23H27BrN4O3S2/c1-4-12(2)25-9-7-18(29)27-22-19(21-26-16-11-14(24)5-6-17(16)32-21)15-8-10-28(23(30)31)13(3)20(15)33-22/h5-6,11-13,25H,4,7-10H2,1-3H3,(H,27,29)(H,30,31)/t12-,13?/m0/s1. The molecule has 3 heterocycles. The largest absolute Gasteiger partial charge is 0.465 e. The summed E-state index contributed by atoms with van der Waals surface area (Å²) in [5, 5.41) is 17.7. The maximum Gasteiger partial charge on any atom is 0.407 e. The fourth-order valence-corrected chi connectivity index (χ4v) is 6.75. The molecule has 1 unspecified atom stereocenters. The molecular weight excluding hydrogens is 524 g/mol. The average Bonchev–Trinajstić information content (AvgIpc) is 3.34. The predicted molar refractivity (Wildman–Crippen MR) is 138 cm³/mol. The third kappa shape index (κ3) is 5.08. The van der Waals surface area contributed by atoms with E-state index in [9.17, 15) is 14.7 Å². The fourth-order valence-electron chi connectivity index (χ4n) is 3.98. The number of nitrogens with one attached hydrogen (secondary N) is 2. The number of anilines is 1. The molecule has 1 aliphatic heterocycles. The fraction of sp³-hybridized carbons (Fsp3) is 0.435. The topological polar surface area (TPSA) is 94.6 Å². The molecule has 0 saturated carbocycles. The SMILES string of the molecule is CC[C@H](C)NCCC(=O)Nc1sc2c(c1-c1nc3cc(Br)ccc3s1)CCN(C(=O)O)C2C. The van der Waals surface area contributed by atoms with Crippen molar-refractivity contribution >= 4 is 65.8 Å². The Kier molecular flexibility index (Phi) is 7.37. The monoisotopic (exact) mass is 550 g/mol. The van der Waals surface area contributed by atoms with Gasteiger partial charge in [0.15, 0.2) is 0 Å². The van der Waals surface area contributed by atoms with Crippen molar-refractivity contribution in [2.75, 3.05) is 18.4 Å². The second kappa shape index (κ2) is 10.1. The first-order valence-electron chi connectivity index (χ1n) is 11.0. The van der Waals surface area contributed by atoms with Crippen LogP contribution in [0.4, 0.5) is 9.80 Å². The number of carbonyl (C=O) groups excluding carboxylic acids is 1. The van der Waals surface area contributed by atoms with Gasteiger partial charge in [0.05, 0.1) is 16.3 Å². The molecule has 0 spiro atoms. The van der Waals surface area contributed by atoms with Crippen molar-refractivity contribution in [2.45, 2.75) is 52.1 Å². The summed E-state index contributed by atoms with van der Waals surface area (Å²) < 4.78 is 2.03. The number of thiazole rings is 1. The average molecular weight is 552 g/mol. The first-order chi connectivity index (χ1) is 15.8. The van der Waals surface area contributed by atoms with Crippen LogP contribution in [0.15, 0.2) is 22.7 Å². The van der Waals surface area contributed by atoms with Crippen molar-refractivity contribution in [3.05, 3.63) is 33.1 Å². The van der Waals surface area contributed by atoms with E-state index in [0.717, 1.165) is 47.1 Å². The van der Waals surface area contributed by atoms with Crippen LogP contribution in [0.2, 0.25) is 0 Å². The van der Waals surface area contributed by atoms with Crippen LogP contribution >= 0.6 is 38.6 Å². The van der Waals surface area contributed by atoms with Gasteiger partial charge in [-0.05, 0) is 50.5 Å². The number of rotatable bonds is 7. The number of fused-ring (bicyclic) bond motifs is 2. The van der Waals surface area contributed by atoms with Gasteiger partial charge < -0.3 is 20.6 Å². The lowest BCUT2D eigenvalue weighted by atomic mass is 9.98. The van der Waals surface area contributed by atoms with E-state index >= 15 is 0 Å². The quantitative estimate of drug-likeness (QED) is 0.330. The molecule has 0 fully saturated rings. The Bertz CT molecular complexity index is 1190. The molecule has 1 aliphatic rings. The lowest BCUT2D eigenvalue weighted by Gasteiger charge is -2.31. The number of halogens is 1. The van der Waals surface area contributed by atoms with E-state index < -0.39 is 6.09 Å². The third-order valence-corrected chi connectivity index (χ3v) is 8.87. The molecule has 4 rings (SSSR count). The molecule has 0 radical (unpaired) electrons. The van der Waals surface area contributed by atoms with E-state index in [1.165, 1.54) is 16.2 Å². The van der Waals surface area contributed by atoms with E-state index in [1.807, 2.05) is 25.1 Å². The van der Waals surface area contributed by atoms with Crippen LogP contribution in [0, 0.1) is 0 Å². The first-order valence-corrected chi connectivity index (χ1v) is 13.5. The Morgan fingerprint density at radius 1 is 1.36 bits per heavy atom.